The van der Waals surface area contributed by atoms with Crippen LogP contribution in [0.25, 0.3) is 0 Å². The van der Waals surface area contributed by atoms with Gasteiger partial charge in [0.25, 0.3) is 5.69 Å². The van der Waals surface area contributed by atoms with E-state index in [0.717, 1.165) is 39.4 Å². The van der Waals surface area contributed by atoms with Crippen molar-refractivity contribution in [2.75, 3.05) is 65.7 Å². The normalized spacial score (nSPS) is 16.6. The van der Waals surface area contributed by atoms with Crippen LogP contribution in [0.3, 0.4) is 0 Å². The van der Waals surface area contributed by atoms with Gasteiger partial charge < -0.3 is 19.7 Å². The van der Waals surface area contributed by atoms with E-state index < -0.39 is 11.0 Å². The molecule has 146 valence electrons. The quantitative estimate of drug-likeness (QED) is 0.413. The second kappa shape index (κ2) is 11.0. The summed E-state index contributed by atoms with van der Waals surface area (Å²) in [5, 5.41) is 30.2. The van der Waals surface area contributed by atoms with Gasteiger partial charge in [0.15, 0.2) is 0 Å². The van der Waals surface area contributed by atoms with Crippen LogP contribution in [0, 0.1) is 10.1 Å². The number of aliphatic hydroxyl groups excluding tert-OH is 2. The van der Waals surface area contributed by atoms with Crippen LogP contribution in [0.1, 0.15) is 0 Å². The van der Waals surface area contributed by atoms with Gasteiger partial charge in [0.1, 0.15) is 18.5 Å². The van der Waals surface area contributed by atoms with Crippen molar-refractivity contribution < 1.29 is 24.6 Å². The standard InChI is InChI=1S/C17H27N3O6/c21-9-6-19(5-4-18-7-10-25-11-8-18)13-16(22)14-26-17-3-1-2-15(12-17)20(23)24/h1-3,12,16,21-22H,4-11,13-14H2. The number of rotatable bonds is 11. The molecular weight excluding hydrogens is 342 g/mol. The van der Waals surface area contributed by atoms with Crippen molar-refractivity contribution in [1.29, 1.82) is 0 Å². The lowest BCUT2D eigenvalue weighted by Gasteiger charge is -2.30. The monoisotopic (exact) mass is 369 g/mol. The highest BCUT2D eigenvalue weighted by atomic mass is 16.6. The summed E-state index contributed by atoms with van der Waals surface area (Å²) >= 11 is 0. The Hall–Kier alpha value is -1.78. The Morgan fingerprint density at radius 3 is 2.81 bits per heavy atom. The topological polar surface area (TPSA) is 109 Å². The molecule has 1 atom stereocenters. The molecule has 1 aromatic rings. The zero-order chi connectivity index (χ0) is 18.8. The molecule has 0 spiro atoms. The van der Waals surface area contributed by atoms with Gasteiger partial charge in [-0.15, -0.1) is 0 Å². The Bertz CT molecular complexity index is 553. The Morgan fingerprint density at radius 2 is 2.12 bits per heavy atom. The summed E-state index contributed by atoms with van der Waals surface area (Å²) in [7, 11) is 0. The Kier molecular flexibility index (Phi) is 8.72. The van der Waals surface area contributed by atoms with E-state index in [1.54, 1.807) is 12.1 Å². The average Bonchev–Trinajstić information content (AvgIpc) is 2.66. The number of hydrogen-bond acceptors (Lipinski definition) is 8. The second-order valence-corrected chi connectivity index (χ2v) is 6.20. The molecule has 0 aliphatic carbocycles. The van der Waals surface area contributed by atoms with Crippen molar-refractivity contribution in [3.8, 4) is 5.75 Å². The van der Waals surface area contributed by atoms with Gasteiger partial charge in [-0.3, -0.25) is 19.9 Å². The SMILES string of the molecule is O=[N+]([O-])c1cccc(OCC(O)CN(CCO)CCN2CCOCC2)c1. The van der Waals surface area contributed by atoms with E-state index in [0.29, 0.717) is 18.8 Å². The van der Waals surface area contributed by atoms with Crippen LogP contribution in [-0.2, 0) is 4.74 Å². The molecule has 1 aliphatic rings. The first-order chi connectivity index (χ1) is 12.6. The molecule has 1 aliphatic heterocycles. The lowest BCUT2D eigenvalue weighted by atomic mass is 10.3. The van der Waals surface area contributed by atoms with Gasteiger partial charge >= 0.3 is 0 Å². The number of aliphatic hydroxyl groups is 2. The highest BCUT2D eigenvalue weighted by molar-refractivity contribution is 5.37. The van der Waals surface area contributed by atoms with Crippen molar-refractivity contribution in [1.82, 2.24) is 9.80 Å². The molecule has 2 rings (SSSR count). The molecule has 26 heavy (non-hydrogen) atoms. The minimum atomic E-state index is -0.759. The third-order valence-electron chi connectivity index (χ3n) is 4.19. The predicted octanol–water partition coefficient (Wildman–Crippen LogP) is -0.0390. The molecule has 1 aromatic carbocycles. The molecule has 0 saturated carbocycles. The van der Waals surface area contributed by atoms with Gasteiger partial charge in [0.05, 0.1) is 30.8 Å². The summed E-state index contributed by atoms with van der Waals surface area (Å²) in [5.41, 5.74) is -0.0515. The van der Waals surface area contributed by atoms with Gasteiger partial charge in [-0.05, 0) is 6.07 Å². The Morgan fingerprint density at radius 1 is 1.35 bits per heavy atom. The summed E-state index contributed by atoms with van der Waals surface area (Å²) in [6, 6.07) is 5.87. The second-order valence-electron chi connectivity index (χ2n) is 6.20. The van der Waals surface area contributed by atoms with E-state index in [9.17, 15) is 20.3 Å². The van der Waals surface area contributed by atoms with Crippen LogP contribution >= 0.6 is 0 Å². The molecule has 2 N–H and O–H groups in total. The lowest BCUT2D eigenvalue weighted by Crippen LogP contribution is -2.44. The Labute approximate surface area is 152 Å². The number of benzene rings is 1. The van der Waals surface area contributed by atoms with Crippen molar-refractivity contribution in [3.63, 3.8) is 0 Å². The maximum Gasteiger partial charge on any atom is 0.273 e. The van der Waals surface area contributed by atoms with Crippen LogP contribution in [0.5, 0.6) is 5.75 Å². The zero-order valence-electron chi connectivity index (χ0n) is 14.8. The predicted molar refractivity (Wildman–Crippen MR) is 95.4 cm³/mol. The number of hydrogen-bond donors (Lipinski definition) is 2. The van der Waals surface area contributed by atoms with Gasteiger partial charge in [0.2, 0.25) is 0 Å². The third kappa shape index (κ3) is 7.22. The largest absolute Gasteiger partial charge is 0.491 e. The number of nitrogens with zero attached hydrogens (tertiary/aromatic N) is 3. The number of ether oxygens (including phenoxy) is 2. The number of morpholine rings is 1. The fourth-order valence-electron chi connectivity index (χ4n) is 2.77. The fraction of sp³-hybridized carbons (Fsp3) is 0.647. The molecule has 1 heterocycles. The lowest BCUT2D eigenvalue weighted by molar-refractivity contribution is -0.384. The molecule has 0 amide bonds. The first-order valence-electron chi connectivity index (χ1n) is 8.77. The Balaban J connectivity index is 1.76. The van der Waals surface area contributed by atoms with E-state index in [2.05, 4.69) is 4.90 Å². The van der Waals surface area contributed by atoms with E-state index in [-0.39, 0.29) is 18.9 Å². The molecule has 1 saturated heterocycles. The van der Waals surface area contributed by atoms with E-state index in [1.807, 2.05) is 4.90 Å². The van der Waals surface area contributed by atoms with Crippen molar-refractivity contribution in [2.45, 2.75) is 6.10 Å². The molecule has 1 unspecified atom stereocenters. The van der Waals surface area contributed by atoms with E-state index in [4.69, 9.17) is 9.47 Å². The summed E-state index contributed by atoms with van der Waals surface area (Å²) in [6.07, 6.45) is -0.759. The van der Waals surface area contributed by atoms with Crippen LogP contribution in [0.15, 0.2) is 24.3 Å². The first-order valence-corrected chi connectivity index (χ1v) is 8.77. The summed E-state index contributed by atoms with van der Waals surface area (Å²) < 4.78 is 10.8. The van der Waals surface area contributed by atoms with Crippen LogP contribution in [0.2, 0.25) is 0 Å². The summed E-state index contributed by atoms with van der Waals surface area (Å²) in [5.74, 6) is 0.347. The maximum atomic E-state index is 10.8. The molecule has 1 fully saturated rings. The third-order valence-corrected chi connectivity index (χ3v) is 4.19. The summed E-state index contributed by atoms with van der Waals surface area (Å²) in [6.45, 7) is 5.71. The van der Waals surface area contributed by atoms with Gasteiger partial charge in [-0.1, -0.05) is 6.07 Å². The smallest absolute Gasteiger partial charge is 0.273 e. The molecule has 0 bridgehead atoms. The van der Waals surface area contributed by atoms with Gasteiger partial charge in [0, 0.05) is 45.3 Å². The number of nitro benzene ring substituents is 1. The van der Waals surface area contributed by atoms with Crippen LogP contribution in [0.4, 0.5) is 5.69 Å². The minimum Gasteiger partial charge on any atom is -0.491 e. The number of nitro groups is 1. The van der Waals surface area contributed by atoms with Crippen molar-refractivity contribution >= 4 is 5.69 Å². The van der Waals surface area contributed by atoms with Crippen LogP contribution in [-0.4, -0.2) is 96.7 Å². The van der Waals surface area contributed by atoms with Gasteiger partial charge in [-0.25, -0.2) is 0 Å². The zero-order valence-corrected chi connectivity index (χ0v) is 14.8. The molecular formula is C17H27N3O6. The van der Waals surface area contributed by atoms with Crippen LogP contribution < -0.4 is 4.74 Å². The number of non-ortho nitro benzene ring substituents is 1. The molecule has 9 nitrogen and oxygen atoms in total. The summed E-state index contributed by atoms with van der Waals surface area (Å²) in [4.78, 5) is 14.6. The minimum absolute atomic E-state index is 0.0154. The van der Waals surface area contributed by atoms with E-state index >= 15 is 0 Å². The first kappa shape index (κ1) is 20.5. The average molecular weight is 369 g/mol. The fourth-order valence-corrected chi connectivity index (χ4v) is 2.77. The van der Waals surface area contributed by atoms with Gasteiger partial charge in [-0.2, -0.15) is 0 Å². The van der Waals surface area contributed by atoms with Crippen molar-refractivity contribution in [3.05, 3.63) is 34.4 Å². The molecule has 9 heteroatoms. The maximum absolute atomic E-state index is 10.8. The van der Waals surface area contributed by atoms with Crippen molar-refractivity contribution in [2.24, 2.45) is 0 Å². The van der Waals surface area contributed by atoms with E-state index in [1.165, 1.54) is 12.1 Å². The molecule has 0 radical (unpaired) electrons. The highest BCUT2D eigenvalue weighted by Crippen LogP contribution is 2.19. The molecule has 0 aromatic heterocycles. The highest BCUT2D eigenvalue weighted by Gasteiger charge is 2.16.